The zero-order chi connectivity index (χ0) is 14.1. The molecule has 0 spiro atoms. The highest BCUT2D eigenvalue weighted by atomic mass is 35.5. The van der Waals surface area contributed by atoms with Gasteiger partial charge in [0, 0.05) is 12.1 Å². The topological polar surface area (TPSA) is 77.0 Å². The zero-order valence-corrected chi connectivity index (χ0v) is 11.4. The number of nitrogens with zero attached hydrogens (tertiary/aromatic N) is 3. The third-order valence-corrected chi connectivity index (χ3v) is 3.40. The Morgan fingerprint density at radius 1 is 1.15 bits per heavy atom. The van der Waals surface area contributed by atoms with Gasteiger partial charge in [0.05, 0.1) is 5.88 Å². The minimum absolute atomic E-state index is 0.0810. The summed E-state index contributed by atoms with van der Waals surface area (Å²) in [7, 11) is 0. The molecule has 0 fully saturated rings. The van der Waals surface area contributed by atoms with Crippen LogP contribution in [0.5, 0.6) is 5.75 Å². The van der Waals surface area contributed by atoms with Gasteiger partial charge in [-0.15, -0.1) is 26.6 Å². The van der Waals surface area contributed by atoms with Gasteiger partial charge in [-0.25, -0.2) is 0 Å². The van der Waals surface area contributed by atoms with Crippen molar-refractivity contribution in [2.24, 2.45) is 5.73 Å². The Balaban J connectivity index is 2.22. The first kappa shape index (κ1) is 12.9. The normalized spacial score (nSPS) is 11.1. The first-order valence-electron chi connectivity index (χ1n) is 6.16. The second-order valence-electron chi connectivity index (χ2n) is 4.44. The van der Waals surface area contributed by atoms with Crippen LogP contribution in [0.2, 0.25) is 0 Å². The number of fused-ring (bicyclic) bond motifs is 1. The molecule has 0 saturated heterocycles. The van der Waals surface area contributed by atoms with Gasteiger partial charge in [-0.2, -0.15) is 0 Å². The number of phenolic OH excluding ortho intramolecular Hbond substituents is 1. The number of rotatable bonds is 3. The van der Waals surface area contributed by atoms with Crippen molar-refractivity contribution in [1.29, 1.82) is 0 Å². The molecule has 2 aromatic carbocycles. The summed E-state index contributed by atoms with van der Waals surface area (Å²) in [4.78, 5) is 1.41. The second-order valence-corrected chi connectivity index (χ2v) is 4.71. The van der Waals surface area contributed by atoms with Crippen LogP contribution in [0.15, 0.2) is 36.4 Å². The van der Waals surface area contributed by atoms with Gasteiger partial charge in [-0.05, 0) is 29.8 Å². The number of nitrogens with two attached hydrogens (primary N) is 1. The molecule has 6 heteroatoms. The van der Waals surface area contributed by atoms with E-state index in [1.54, 1.807) is 12.1 Å². The predicted octanol–water partition coefficient (Wildman–Crippen LogP) is 2.32. The molecule has 3 aromatic rings. The third-order valence-electron chi connectivity index (χ3n) is 3.11. The van der Waals surface area contributed by atoms with Gasteiger partial charge in [0.25, 0.3) is 0 Å². The second kappa shape index (κ2) is 5.11. The maximum atomic E-state index is 10.3. The molecule has 0 atom stereocenters. The van der Waals surface area contributed by atoms with E-state index < -0.39 is 0 Å². The Morgan fingerprint density at radius 2 is 1.80 bits per heavy atom. The minimum atomic E-state index is 0.0810. The number of hydrogen-bond acceptors (Lipinski definition) is 4. The van der Waals surface area contributed by atoms with Crippen LogP contribution in [0.3, 0.4) is 0 Å². The molecule has 20 heavy (non-hydrogen) atoms. The smallest absolute Gasteiger partial charge is 0.147 e. The molecular weight excluding hydrogens is 276 g/mol. The molecule has 0 radical (unpaired) electrons. The van der Waals surface area contributed by atoms with Crippen LogP contribution in [0, 0.1) is 0 Å². The number of benzene rings is 2. The lowest BCUT2D eigenvalue weighted by Crippen LogP contribution is -2.04. The Kier molecular flexibility index (Phi) is 3.30. The van der Waals surface area contributed by atoms with E-state index in [4.69, 9.17) is 17.3 Å². The molecule has 0 aliphatic rings. The number of hydrogen-bond donors (Lipinski definition) is 2. The summed E-state index contributed by atoms with van der Waals surface area (Å²) < 4.78 is 0. The van der Waals surface area contributed by atoms with Crippen LogP contribution in [0.25, 0.3) is 16.7 Å². The minimum Gasteiger partial charge on any atom is -0.505 e. The molecule has 0 unspecified atom stereocenters. The van der Waals surface area contributed by atoms with Gasteiger partial charge in [-0.1, -0.05) is 12.1 Å². The lowest BCUT2D eigenvalue weighted by molar-refractivity contribution is 0.462. The molecule has 0 bridgehead atoms. The fraction of sp³-hybridized carbons (Fsp3) is 0.143. The van der Waals surface area contributed by atoms with Crippen molar-refractivity contribution in [2.45, 2.75) is 12.4 Å². The summed E-state index contributed by atoms with van der Waals surface area (Å²) in [6, 6.07) is 11.1. The fourth-order valence-corrected chi connectivity index (χ4v) is 2.29. The number of halogens is 1. The van der Waals surface area contributed by atoms with Crippen LogP contribution in [-0.4, -0.2) is 20.1 Å². The SMILES string of the molecule is NCc1cc(CCl)c(O)c(-n2nc3ccccc3n2)c1. The van der Waals surface area contributed by atoms with Crippen LogP contribution in [-0.2, 0) is 12.4 Å². The summed E-state index contributed by atoms with van der Waals surface area (Å²) in [6.45, 7) is 0.359. The van der Waals surface area contributed by atoms with Crippen LogP contribution in [0.4, 0.5) is 0 Å². The third kappa shape index (κ3) is 2.11. The van der Waals surface area contributed by atoms with Crippen molar-refractivity contribution < 1.29 is 5.11 Å². The van der Waals surface area contributed by atoms with Crippen LogP contribution >= 0.6 is 11.6 Å². The summed E-state index contributed by atoms with van der Waals surface area (Å²) in [5.74, 6) is 0.283. The van der Waals surface area contributed by atoms with Gasteiger partial charge >= 0.3 is 0 Å². The predicted molar refractivity (Wildman–Crippen MR) is 78.0 cm³/mol. The van der Waals surface area contributed by atoms with Crippen molar-refractivity contribution in [3.63, 3.8) is 0 Å². The summed E-state index contributed by atoms with van der Waals surface area (Å²) in [6.07, 6.45) is 0. The van der Waals surface area contributed by atoms with E-state index in [2.05, 4.69) is 10.2 Å². The van der Waals surface area contributed by atoms with Gasteiger partial charge in [0.15, 0.2) is 0 Å². The molecule has 1 heterocycles. The average molecular weight is 289 g/mol. The van der Waals surface area contributed by atoms with Gasteiger partial charge in [0.2, 0.25) is 0 Å². The van der Waals surface area contributed by atoms with Crippen molar-refractivity contribution in [3.8, 4) is 11.4 Å². The molecule has 102 valence electrons. The van der Waals surface area contributed by atoms with Gasteiger partial charge < -0.3 is 10.8 Å². The zero-order valence-electron chi connectivity index (χ0n) is 10.6. The van der Waals surface area contributed by atoms with E-state index in [1.807, 2.05) is 24.3 Å². The lowest BCUT2D eigenvalue weighted by Gasteiger charge is -2.09. The van der Waals surface area contributed by atoms with Crippen molar-refractivity contribution in [1.82, 2.24) is 15.0 Å². The van der Waals surface area contributed by atoms with Crippen molar-refractivity contribution in [3.05, 3.63) is 47.5 Å². The standard InChI is InChI=1S/C14H13ClN4O/c15-7-10-5-9(8-16)6-13(14(10)20)19-17-11-3-1-2-4-12(11)18-19/h1-6,20H,7-8,16H2. The Bertz CT molecular complexity index is 736. The highest BCUT2D eigenvalue weighted by Gasteiger charge is 2.13. The first-order chi connectivity index (χ1) is 9.72. The van der Waals surface area contributed by atoms with E-state index >= 15 is 0 Å². The molecule has 3 rings (SSSR count). The van der Waals surface area contributed by atoms with E-state index in [0.29, 0.717) is 17.8 Å². The van der Waals surface area contributed by atoms with Crippen LogP contribution < -0.4 is 5.73 Å². The summed E-state index contributed by atoms with van der Waals surface area (Å²) >= 11 is 5.85. The molecule has 5 nitrogen and oxygen atoms in total. The largest absolute Gasteiger partial charge is 0.505 e. The summed E-state index contributed by atoms with van der Waals surface area (Å²) in [5, 5.41) is 19.0. The van der Waals surface area contributed by atoms with E-state index in [0.717, 1.165) is 16.6 Å². The lowest BCUT2D eigenvalue weighted by atomic mass is 10.1. The van der Waals surface area contributed by atoms with Crippen LogP contribution in [0.1, 0.15) is 11.1 Å². The molecule has 0 saturated carbocycles. The maximum Gasteiger partial charge on any atom is 0.147 e. The molecule has 1 aromatic heterocycles. The molecular formula is C14H13ClN4O. The number of aromatic nitrogens is 3. The highest BCUT2D eigenvalue weighted by molar-refractivity contribution is 6.17. The number of phenols is 1. The maximum absolute atomic E-state index is 10.3. The van der Waals surface area contributed by atoms with Gasteiger partial charge in [-0.3, -0.25) is 0 Å². The van der Waals surface area contributed by atoms with Crippen molar-refractivity contribution in [2.75, 3.05) is 0 Å². The Labute approximate surface area is 120 Å². The Hall–Kier alpha value is -2.11. The molecule has 0 aliphatic carbocycles. The van der Waals surface area contributed by atoms with E-state index in [-0.39, 0.29) is 11.6 Å². The first-order valence-corrected chi connectivity index (χ1v) is 6.69. The quantitative estimate of drug-likeness (QED) is 0.725. The molecule has 0 amide bonds. The number of alkyl halides is 1. The van der Waals surface area contributed by atoms with E-state index in [1.165, 1.54) is 4.80 Å². The summed E-state index contributed by atoms with van der Waals surface area (Å²) in [5.41, 5.74) is 9.17. The van der Waals surface area contributed by atoms with Gasteiger partial charge in [0.1, 0.15) is 22.5 Å². The number of aromatic hydroxyl groups is 1. The highest BCUT2D eigenvalue weighted by Crippen LogP contribution is 2.29. The molecule has 3 N–H and O–H groups in total. The Morgan fingerprint density at radius 3 is 2.35 bits per heavy atom. The van der Waals surface area contributed by atoms with Crippen molar-refractivity contribution >= 4 is 22.6 Å². The van der Waals surface area contributed by atoms with E-state index in [9.17, 15) is 5.11 Å². The molecule has 0 aliphatic heterocycles. The average Bonchev–Trinajstić information content (AvgIpc) is 2.91. The monoisotopic (exact) mass is 288 g/mol. The fourth-order valence-electron chi connectivity index (χ4n) is 2.08.